The summed E-state index contributed by atoms with van der Waals surface area (Å²) in [7, 11) is 0. The summed E-state index contributed by atoms with van der Waals surface area (Å²) in [5.74, 6) is -0.266. The molecule has 0 saturated heterocycles. The van der Waals surface area contributed by atoms with E-state index in [0.29, 0.717) is 0 Å². The van der Waals surface area contributed by atoms with Gasteiger partial charge in [-0.1, -0.05) is 0 Å². The number of hydrogen-bond donors (Lipinski definition) is 0. The van der Waals surface area contributed by atoms with Gasteiger partial charge in [0.1, 0.15) is 22.7 Å². The monoisotopic (exact) mass is 234 g/mol. The molecule has 0 aliphatic carbocycles. The van der Waals surface area contributed by atoms with Crippen molar-refractivity contribution in [3.8, 4) is 0 Å². The van der Waals surface area contributed by atoms with Crippen molar-refractivity contribution in [3.05, 3.63) is 35.5 Å². The summed E-state index contributed by atoms with van der Waals surface area (Å²) in [5, 5.41) is 0. The Hall–Kier alpha value is -1.42. The van der Waals surface area contributed by atoms with Gasteiger partial charge in [-0.15, -0.1) is 0 Å². The largest absolute Gasteiger partial charge is 0.357 e. The SMILES string of the molecule is CC1(C)OC(C)(C)c2c1nc1ccc(F)cn21. The lowest BCUT2D eigenvalue weighted by molar-refractivity contribution is -0.108. The van der Waals surface area contributed by atoms with Gasteiger partial charge in [0, 0.05) is 6.20 Å². The van der Waals surface area contributed by atoms with Crippen LogP contribution in [0.4, 0.5) is 4.39 Å². The molecule has 0 N–H and O–H groups in total. The van der Waals surface area contributed by atoms with Crippen LogP contribution in [0.3, 0.4) is 0 Å². The van der Waals surface area contributed by atoms with Gasteiger partial charge in [-0.05, 0) is 39.8 Å². The van der Waals surface area contributed by atoms with E-state index in [0.717, 1.165) is 17.0 Å². The second-order valence-corrected chi connectivity index (χ2v) is 5.51. The Kier molecular flexibility index (Phi) is 1.81. The summed E-state index contributed by atoms with van der Waals surface area (Å²) in [6, 6.07) is 3.12. The number of pyridine rings is 1. The summed E-state index contributed by atoms with van der Waals surface area (Å²) in [6.07, 6.45) is 1.47. The quantitative estimate of drug-likeness (QED) is 0.700. The molecule has 0 saturated carbocycles. The van der Waals surface area contributed by atoms with Crippen molar-refractivity contribution in [2.45, 2.75) is 38.9 Å². The number of rotatable bonds is 0. The van der Waals surface area contributed by atoms with E-state index in [9.17, 15) is 4.39 Å². The van der Waals surface area contributed by atoms with Gasteiger partial charge >= 0.3 is 0 Å². The van der Waals surface area contributed by atoms with E-state index in [4.69, 9.17) is 4.74 Å². The molecule has 3 nitrogen and oxygen atoms in total. The average Bonchev–Trinajstić information content (AvgIpc) is 2.62. The normalized spacial score (nSPS) is 20.8. The van der Waals surface area contributed by atoms with Crippen molar-refractivity contribution < 1.29 is 9.13 Å². The molecule has 0 radical (unpaired) electrons. The minimum absolute atomic E-state index is 0.266. The van der Waals surface area contributed by atoms with Crippen molar-refractivity contribution in [2.75, 3.05) is 0 Å². The van der Waals surface area contributed by atoms with Crippen LogP contribution in [0.25, 0.3) is 5.65 Å². The van der Waals surface area contributed by atoms with Gasteiger partial charge < -0.3 is 4.74 Å². The molecule has 0 bridgehead atoms. The molecule has 0 spiro atoms. The molecule has 0 unspecified atom stereocenters. The van der Waals surface area contributed by atoms with Crippen molar-refractivity contribution in [2.24, 2.45) is 0 Å². The molecule has 0 fully saturated rings. The Morgan fingerprint density at radius 3 is 2.59 bits per heavy atom. The molecule has 2 aromatic heterocycles. The molecule has 3 rings (SSSR count). The molecule has 90 valence electrons. The standard InChI is InChI=1S/C13H15FN2O/c1-12(2)10-11(13(3,4)17-12)16-7-8(14)5-6-9(16)15-10/h5-7H,1-4H3. The van der Waals surface area contributed by atoms with E-state index in [-0.39, 0.29) is 5.82 Å². The van der Waals surface area contributed by atoms with Crippen molar-refractivity contribution in [1.82, 2.24) is 9.38 Å². The Balaban J connectivity index is 2.42. The Morgan fingerprint density at radius 2 is 1.88 bits per heavy atom. The molecule has 17 heavy (non-hydrogen) atoms. The second kappa shape index (κ2) is 2.88. The predicted molar refractivity (Wildman–Crippen MR) is 62.3 cm³/mol. The fourth-order valence-electron chi connectivity index (χ4n) is 2.75. The van der Waals surface area contributed by atoms with Crippen LogP contribution in [0, 0.1) is 5.82 Å². The molecule has 0 aromatic carbocycles. The number of ether oxygens (including phenoxy) is 1. The number of aromatic nitrogens is 2. The first-order valence-electron chi connectivity index (χ1n) is 5.70. The van der Waals surface area contributed by atoms with Crippen LogP contribution in [-0.2, 0) is 15.9 Å². The minimum atomic E-state index is -0.452. The number of hydrogen-bond acceptors (Lipinski definition) is 2. The minimum Gasteiger partial charge on any atom is -0.357 e. The summed E-state index contributed by atoms with van der Waals surface area (Å²) in [4.78, 5) is 4.55. The zero-order valence-electron chi connectivity index (χ0n) is 10.4. The summed E-state index contributed by atoms with van der Waals surface area (Å²) >= 11 is 0. The molecule has 4 heteroatoms. The van der Waals surface area contributed by atoms with Crippen LogP contribution >= 0.6 is 0 Å². The zero-order valence-corrected chi connectivity index (χ0v) is 10.4. The lowest BCUT2D eigenvalue weighted by atomic mass is 10.0. The third kappa shape index (κ3) is 1.33. The van der Waals surface area contributed by atoms with E-state index in [1.165, 1.54) is 12.3 Å². The highest BCUT2D eigenvalue weighted by atomic mass is 19.1. The average molecular weight is 234 g/mol. The molecule has 3 heterocycles. The van der Waals surface area contributed by atoms with Crippen molar-refractivity contribution >= 4 is 5.65 Å². The van der Waals surface area contributed by atoms with E-state index < -0.39 is 11.2 Å². The maximum atomic E-state index is 13.3. The smallest absolute Gasteiger partial charge is 0.139 e. The lowest BCUT2D eigenvalue weighted by Gasteiger charge is -2.25. The van der Waals surface area contributed by atoms with Gasteiger partial charge in [-0.25, -0.2) is 9.37 Å². The lowest BCUT2D eigenvalue weighted by Crippen LogP contribution is -2.24. The van der Waals surface area contributed by atoms with E-state index in [1.54, 1.807) is 10.5 Å². The first kappa shape index (κ1) is 10.7. The van der Waals surface area contributed by atoms with E-state index in [1.807, 2.05) is 27.7 Å². The predicted octanol–water partition coefficient (Wildman–Crippen LogP) is 2.97. The van der Waals surface area contributed by atoms with Crippen LogP contribution < -0.4 is 0 Å². The van der Waals surface area contributed by atoms with Crippen molar-refractivity contribution in [3.63, 3.8) is 0 Å². The second-order valence-electron chi connectivity index (χ2n) is 5.51. The van der Waals surface area contributed by atoms with Crippen LogP contribution in [0.1, 0.15) is 39.1 Å². The molecule has 0 amide bonds. The number of imidazole rings is 1. The third-order valence-electron chi connectivity index (χ3n) is 3.23. The topological polar surface area (TPSA) is 26.5 Å². The summed E-state index contributed by atoms with van der Waals surface area (Å²) < 4.78 is 21.1. The van der Waals surface area contributed by atoms with Gasteiger partial charge in [-0.2, -0.15) is 0 Å². The fraction of sp³-hybridized carbons (Fsp3) is 0.462. The van der Waals surface area contributed by atoms with Crippen LogP contribution in [-0.4, -0.2) is 9.38 Å². The van der Waals surface area contributed by atoms with Gasteiger partial charge in [0.05, 0.1) is 11.4 Å². The highest BCUT2D eigenvalue weighted by Crippen LogP contribution is 2.46. The fourth-order valence-corrected chi connectivity index (χ4v) is 2.75. The van der Waals surface area contributed by atoms with Crippen LogP contribution in [0.15, 0.2) is 18.3 Å². The first-order valence-corrected chi connectivity index (χ1v) is 5.70. The number of fused-ring (bicyclic) bond motifs is 3. The first-order chi connectivity index (χ1) is 7.81. The maximum absolute atomic E-state index is 13.3. The Labute approximate surface area is 99.2 Å². The van der Waals surface area contributed by atoms with E-state index in [2.05, 4.69) is 4.98 Å². The van der Waals surface area contributed by atoms with Gasteiger partial charge in [0.25, 0.3) is 0 Å². The Morgan fingerprint density at radius 1 is 1.18 bits per heavy atom. The highest BCUT2D eigenvalue weighted by molar-refractivity contribution is 5.48. The van der Waals surface area contributed by atoms with Crippen LogP contribution in [0.5, 0.6) is 0 Å². The third-order valence-corrected chi connectivity index (χ3v) is 3.23. The molecule has 2 aromatic rings. The number of nitrogens with zero attached hydrogens (tertiary/aromatic N) is 2. The van der Waals surface area contributed by atoms with Crippen LogP contribution in [0.2, 0.25) is 0 Å². The maximum Gasteiger partial charge on any atom is 0.139 e. The molecular formula is C13H15FN2O. The molecule has 1 aliphatic rings. The van der Waals surface area contributed by atoms with Gasteiger partial charge in [-0.3, -0.25) is 4.40 Å². The summed E-state index contributed by atoms with van der Waals surface area (Å²) in [6.45, 7) is 7.95. The Bertz CT molecular complexity index is 613. The molecule has 1 aliphatic heterocycles. The summed E-state index contributed by atoms with van der Waals surface area (Å²) in [5.41, 5.74) is 1.72. The number of halogens is 1. The highest BCUT2D eigenvalue weighted by Gasteiger charge is 2.47. The van der Waals surface area contributed by atoms with E-state index >= 15 is 0 Å². The zero-order chi connectivity index (χ0) is 12.4. The van der Waals surface area contributed by atoms with Crippen molar-refractivity contribution in [1.29, 1.82) is 0 Å². The van der Waals surface area contributed by atoms with Gasteiger partial charge in [0.15, 0.2) is 0 Å². The molecular weight excluding hydrogens is 219 g/mol. The molecule has 0 atom stereocenters. The van der Waals surface area contributed by atoms with Gasteiger partial charge in [0.2, 0.25) is 0 Å².